The standard InChI is InChI=1S/C10H7F3N2/c11-10(12,13)8-5-15-4-1-7(8)9(6-14)2-3-9/h1,4-5H,2-3H2. The quantitative estimate of drug-likeness (QED) is 0.717. The van der Waals surface area contributed by atoms with E-state index in [9.17, 15) is 13.2 Å². The Morgan fingerprint density at radius 2 is 2.07 bits per heavy atom. The Balaban J connectivity index is 2.54. The number of halogens is 3. The van der Waals surface area contributed by atoms with Crippen molar-refractivity contribution in [2.24, 2.45) is 0 Å². The average molecular weight is 212 g/mol. The van der Waals surface area contributed by atoms with Gasteiger partial charge in [0.25, 0.3) is 0 Å². The summed E-state index contributed by atoms with van der Waals surface area (Å²) in [7, 11) is 0. The van der Waals surface area contributed by atoms with E-state index in [0.717, 1.165) is 6.20 Å². The van der Waals surface area contributed by atoms with E-state index in [1.165, 1.54) is 12.3 Å². The van der Waals surface area contributed by atoms with Crippen LogP contribution < -0.4 is 0 Å². The Labute approximate surface area is 84.4 Å². The lowest BCUT2D eigenvalue weighted by Gasteiger charge is -2.14. The highest BCUT2D eigenvalue weighted by Crippen LogP contribution is 2.50. The molecule has 1 heterocycles. The van der Waals surface area contributed by atoms with E-state index < -0.39 is 17.2 Å². The van der Waals surface area contributed by atoms with Crippen molar-refractivity contribution in [2.45, 2.75) is 24.4 Å². The average Bonchev–Trinajstić information content (AvgIpc) is 2.97. The second-order valence-corrected chi connectivity index (χ2v) is 3.61. The van der Waals surface area contributed by atoms with Crippen LogP contribution in [0, 0.1) is 11.3 Å². The monoisotopic (exact) mass is 212 g/mol. The number of nitrogens with zero attached hydrogens (tertiary/aromatic N) is 2. The van der Waals surface area contributed by atoms with Crippen LogP contribution in [-0.2, 0) is 11.6 Å². The number of nitriles is 1. The molecule has 1 aromatic heterocycles. The zero-order valence-corrected chi connectivity index (χ0v) is 7.67. The molecule has 1 aliphatic carbocycles. The normalized spacial score (nSPS) is 18.3. The number of aromatic nitrogens is 1. The predicted molar refractivity (Wildman–Crippen MR) is 45.8 cm³/mol. The molecule has 5 heteroatoms. The van der Waals surface area contributed by atoms with Gasteiger partial charge in [0.1, 0.15) is 0 Å². The van der Waals surface area contributed by atoms with Crippen LogP contribution in [-0.4, -0.2) is 4.98 Å². The molecule has 15 heavy (non-hydrogen) atoms. The topological polar surface area (TPSA) is 36.7 Å². The van der Waals surface area contributed by atoms with Crippen molar-refractivity contribution in [3.05, 3.63) is 29.6 Å². The van der Waals surface area contributed by atoms with Crippen LogP contribution in [0.5, 0.6) is 0 Å². The van der Waals surface area contributed by atoms with Crippen molar-refractivity contribution in [1.82, 2.24) is 4.98 Å². The molecule has 0 spiro atoms. The van der Waals surface area contributed by atoms with Crippen LogP contribution in [0.4, 0.5) is 13.2 Å². The molecule has 78 valence electrons. The van der Waals surface area contributed by atoms with Gasteiger partial charge >= 0.3 is 6.18 Å². The third-order valence-electron chi connectivity index (χ3n) is 2.61. The van der Waals surface area contributed by atoms with Gasteiger partial charge in [-0.25, -0.2) is 0 Å². The van der Waals surface area contributed by atoms with Gasteiger partial charge in [0.05, 0.1) is 17.0 Å². The fourth-order valence-electron chi connectivity index (χ4n) is 1.60. The summed E-state index contributed by atoms with van der Waals surface area (Å²) in [5.41, 5.74) is -1.65. The van der Waals surface area contributed by atoms with Gasteiger partial charge in [-0.05, 0) is 24.5 Å². The molecule has 0 aromatic carbocycles. The third-order valence-corrected chi connectivity index (χ3v) is 2.61. The number of alkyl halides is 3. The summed E-state index contributed by atoms with van der Waals surface area (Å²) < 4.78 is 37.8. The lowest BCUT2D eigenvalue weighted by atomic mass is 9.94. The molecule has 0 bridgehead atoms. The molecule has 0 amide bonds. The minimum absolute atomic E-state index is 0.0625. The van der Waals surface area contributed by atoms with E-state index in [0.29, 0.717) is 12.8 Å². The van der Waals surface area contributed by atoms with Gasteiger partial charge in [-0.3, -0.25) is 4.98 Å². The molecule has 2 rings (SSSR count). The molecular weight excluding hydrogens is 205 g/mol. The van der Waals surface area contributed by atoms with Crippen molar-refractivity contribution >= 4 is 0 Å². The van der Waals surface area contributed by atoms with E-state index in [-0.39, 0.29) is 5.56 Å². The largest absolute Gasteiger partial charge is 0.418 e. The van der Waals surface area contributed by atoms with E-state index in [1.807, 2.05) is 6.07 Å². The zero-order chi connectivity index (χ0) is 11.1. The molecule has 0 radical (unpaired) electrons. The Morgan fingerprint density at radius 3 is 2.53 bits per heavy atom. The van der Waals surface area contributed by atoms with Crippen LogP contribution in [0.25, 0.3) is 0 Å². The molecule has 1 saturated carbocycles. The van der Waals surface area contributed by atoms with Crippen molar-refractivity contribution in [3.8, 4) is 6.07 Å². The summed E-state index contributed by atoms with van der Waals surface area (Å²) >= 11 is 0. The van der Waals surface area contributed by atoms with Gasteiger partial charge < -0.3 is 0 Å². The van der Waals surface area contributed by atoms with Crippen molar-refractivity contribution in [2.75, 3.05) is 0 Å². The molecule has 0 unspecified atom stereocenters. The molecule has 2 nitrogen and oxygen atoms in total. The molecule has 0 aliphatic heterocycles. The van der Waals surface area contributed by atoms with Crippen molar-refractivity contribution in [3.63, 3.8) is 0 Å². The fourth-order valence-corrected chi connectivity index (χ4v) is 1.60. The molecule has 1 aromatic rings. The van der Waals surface area contributed by atoms with E-state index >= 15 is 0 Å². The summed E-state index contributed by atoms with van der Waals surface area (Å²) in [5.74, 6) is 0. The van der Waals surface area contributed by atoms with Crippen molar-refractivity contribution in [1.29, 1.82) is 5.26 Å². The highest BCUT2D eigenvalue weighted by atomic mass is 19.4. The summed E-state index contributed by atoms with van der Waals surface area (Å²) in [4.78, 5) is 3.46. The zero-order valence-electron chi connectivity index (χ0n) is 7.67. The summed E-state index contributed by atoms with van der Waals surface area (Å²) in [5, 5.41) is 8.86. The predicted octanol–water partition coefficient (Wildman–Crippen LogP) is 2.66. The Bertz CT molecular complexity index is 427. The van der Waals surface area contributed by atoms with Crippen LogP contribution >= 0.6 is 0 Å². The minimum Gasteiger partial charge on any atom is -0.264 e. The van der Waals surface area contributed by atoms with Gasteiger partial charge in [-0.2, -0.15) is 18.4 Å². The molecule has 0 atom stereocenters. The first kappa shape index (κ1) is 9.97. The fraction of sp³-hybridized carbons (Fsp3) is 0.400. The number of pyridine rings is 1. The lowest BCUT2D eigenvalue weighted by molar-refractivity contribution is -0.138. The first-order chi connectivity index (χ1) is 6.99. The van der Waals surface area contributed by atoms with Gasteiger partial charge in [0.15, 0.2) is 0 Å². The molecule has 1 aliphatic rings. The highest BCUT2D eigenvalue weighted by Gasteiger charge is 2.49. The van der Waals surface area contributed by atoms with Crippen LogP contribution in [0.3, 0.4) is 0 Å². The summed E-state index contributed by atoms with van der Waals surface area (Å²) in [6.07, 6.45) is -1.36. The summed E-state index contributed by atoms with van der Waals surface area (Å²) in [6.45, 7) is 0. The number of hydrogen-bond acceptors (Lipinski definition) is 2. The maximum absolute atomic E-state index is 12.6. The van der Waals surface area contributed by atoms with Gasteiger partial charge in [-0.15, -0.1) is 0 Å². The number of rotatable bonds is 1. The second-order valence-electron chi connectivity index (χ2n) is 3.61. The first-order valence-corrected chi connectivity index (χ1v) is 4.42. The van der Waals surface area contributed by atoms with Gasteiger partial charge in [0.2, 0.25) is 0 Å². The van der Waals surface area contributed by atoms with Crippen molar-refractivity contribution < 1.29 is 13.2 Å². The molecule has 1 fully saturated rings. The Morgan fingerprint density at radius 1 is 1.40 bits per heavy atom. The molecule has 0 N–H and O–H groups in total. The van der Waals surface area contributed by atoms with E-state index in [1.54, 1.807) is 0 Å². The third kappa shape index (κ3) is 1.56. The molecule has 0 saturated heterocycles. The maximum atomic E-state index is 12.6. The lowest BCUT2D eigenvalue weighted by Crippen LogP contribution is -2.15. The van der Waals surface area contributed by atoms with Crippen LogP contribution in [0.2, 0.25) is 0 Å². The Hall–Kier alpha value is -1.57. The summed E-state index contributed by atoms with van der Waals surface area (Å²) in [6, 6.07) is 3.24. The second kappa shape index (κ2) is 2.96. The van der Waals surface area contributed by atoms with Crippen LogP contribution in [0.1, 0.15) is 24.0 Å². The van der Waals surface area contributed by atoms with Gasteiger partial charge in [0, 0.05) is 12.4 Å². The van der Waals surface area contributed by atoms with Crippen LogP contribution in [0.15, 0.2) is 18.5 Å². The maximum Gasteiger partial charge on any atom is 0.418 e. The van der Waals surface area contributed by atoms with E-state index in [2.05, 4.69) is 4.98 Å². The smallest absolute Gasteiger partial charge is 0.264 e. The molecular formula is C10H7F3N2. The first-order valence-electron chi connectivity index (χ1n) is 4.42. The number of hydrogen-bond donors (Lipinski definition) is 0. The van der Waals surface area contributed by atoms with Gasteiger partial charge in [-0.1, -0.05) is 0 Å². The minimum atomic E-state index is -4.43. The van der Waals surface area contributed by atoms with E-state index in [4.69, 9.17) is 5.26 Å². The Kier molecular flexibility index (Phi) is 1.97. The SMILES string of the molecule is N#CC1(c2ccncc2C(F)(F)F)CC1. The highest BCUT2D eigenvalue weighted by molar-refractivity contribution is 5.43.